The Morgan fingerprint density at radius 2 is 1.76 bits per heavy atom. The topological polar surface area (TPSA) is 85.1 Å². The summed E-state index contributed by atoms with van der Waals surface area (Å²) in [5.74, 6) is 0.0326. The van der Waals surface area contributed by atoms with Crippen LogP contribution in [-0.2, 0) is 29.5 Å². The van der Waals surface area contributed by atoms with Crippen LogP contribution in [0, 0.1) is 0 Å². The summed E-state index contributed by atoms with van der Waals surface area (Å²) >= 11 is 0. The molecule has 0 radical (unpaired) electrons. The van der Waals surface area contributed by atoms with Gasteiger partial charge in [0, 0.05) is 31.4 Å². The maximum absolute atomic E-state index is 11.9. The Kier molecular flexibility index (Phi) is 5.44. The average Bonchev–Trinajstić information content (AvgIpc) is 2.53. The molecule has 0 spiro atoms. The first-order valence-corrected chi connectivity index (χ1v) is 8.39. The smallest absolute Gasteiger partial charge is 0.212 e. The van der Waals surface area contributed by atoms with E-state index in [2.05, 4.69) is 9.71 Å². The predicted octanol–water partition coefficient (Wildman–Crippen LogP) is 1.20. The zero-order valence-corrected chi connectivity index (χ0v) is 12.5. The van der Waals surface area contributed by atoms with Crippen molar-refractivity contribution in [3.63, 3.8) is 0 Å². The van der Waals surface area contributed by atoms with Gasteiger partial charge in [-0.1, -0.05) is 30.3 Å². The number of sulfonamides is 1. The number of pyridine rings is 1. The van der Waals surface area contributed by atoms with E-state index in [0.717, 1.165) is 16.8 Å². The molecule has 0 amide bonds. The molecule has 1 heterocycles. The summed E-state index contributed by atoms with van der Waals surface area (Å²) in [5.41, 5.74) is 8.23. The molecule has 2 aromatic rings. The van der Waals surface area contributed by atoms with E-state index in [0.29, 0.717) is 13.0 Å². The molecule has 0 saturated carbocycles. The minimum atomic E-state index is -3.31. The van der Waals surface area contributed by atoms with E-state index in [9.17, 15) is 8.42 Å². The first kappa shape index (κ1) is 15.6. The van der Waals surface area contributed by atoms with Crippen LogP contribution in [0.3, 0.4) is 0 Å². The fourth-order valence-corrected chi connectivity index (χ4v) is 2.85. The minimum Gasteiger partial charge on any atom is -0.326 e. The van der Waals surface area contributed by atoms with Gasteiger partial charge in [0.2, 0.25) is 10.0 Å². The third-order valence-electron chi connectivity index (χ3n) is 3.11. The summed E-state index contributed by atoms with van der Waals surface area (Å²) in [4.78, 5) is 4.12. The van der Waals surface area contributed by atoms with Gasteiger partial charge >= 0.3 is 0 Å². The molecule has 3 N–H and O–H groups in total. The van der Waals surface area contributed by atoms with Gasteiger partial charge in [-0.2, -0.15) is 0 Å². The number of nitrogens with zero attached hydrogens (tertiary/aromatic N) is 1. The standard InChI is InChI=1S/C15H19N3O2S/c16-11-13-4-6-14(7-5-13)12-18-21(19,20)10-8-15-3-1-2-9-17-15/h1-7,9,18H,8,10-12,16H2. The van der Waals surface area contributed by atoms with Crippen molar-refractivity contribution in [2.45, 2.75) is 19.5 Å². The van der Waals surface area contributed by atoms with Crippen LogP contribution in [0.15, 0.2) is 48.7 Å². The molecule has 1 aromatic heterocycles. The second kappa shape index (κ2) is 7.31. The minimum absolute atomic E-state index is 0.0326. The monoisotopic (exact) mass is 305 g/mol. The molecule has 21 heavy (non-hydrogen) atoms. The Balaban J connectivity index is 1.85. The molecule has 6 heteroatoms. The zero-order valence-electron chi connectivity index (χ0n) is 11.7. The number of nitrogens with two attached hydrogens (primary N) is 1. The lowest BCUT2D eigenvalue weighted by atomic mass is 10.1. The summed E-state index contributed by atoms with van der Waals surface area (Å²) < 4.78 is 26.5. The normalized spacial score (nSPS) is 11.5. The Bertz CT molecular complexity index is 655. The van der Waals surface area contributed by atoms with Crippen molar-refractivity contribution in [1.82, 2.24) is 9.71 Å². The van der Waals surface area contributed by atoms with Crippen molar-refractivity contribution < 1.29 is 8.42 Å². The Hall–Kier alpha value is -1.76. The third-order valence-corrected chi connectivity index (χ3v) is 4.43. The highest BCUT2D eigenvalue weighted by atomic mass is 32.2. The van der Waals surface area contributed by atoms with E-state index in [1.54, 1.807) is 12.3 Å². The van der Waals surface area contributed by atoms with Crippen molar-refractivity contribution in [2.24, 2.45) is 5.73 Å². The van der Waals surface area contributed by atoms with Gasteiger partial charge in [-0.15, -0.1) is 0 Å². The second-order valence-corrected chi connectivity index (χ2v) is 6.66. The fourth-order valence-electron chi connectivity index (χ4n) is 1.84. The van der Waals surface area contributed by atoms with Gasteiger partial charge in [-0.05, 0) is 23.3 Å². The molecular formula is C15H19N3O2S. The van der Waals surface area contributed by atoms with Crippen LogP contribution >= 0.6 is 0 Å². The summed E-state index contributed by atoms with van der Waals surface area (Å²) in [6.07, 6.45) is 2.07. The average molecular weight is 305 g/mol. The molecular weight excluding hydrogens is 286 g/mol. The van der Waals surface area contributed by atoms with Gasteiger partial charge in [-0.25, -0.2) is 13.1 Å². The lowest BCUT2D eigenvalue weighted by Crippen LogP contribution is -2.27. The Labute approximate surface area is 125 Å². The molecule has 0 bridgehead atoms. The van der Waals surface area contributed by atoms with Gasteiger partial charge in [0.05, 0.1) is 5.75 Å². The van der Waals surface area contributed by atoms with Gasteiger partial charge in [0.1, 0.15) is 0 Å². The highest BCUT2D eigenvalue weighted by Gasteiger charge is 2.10. The van der Waals surface area contributed by atoms with Gasteiger partial charge in [0.15, 0.2) is 0 Å². The number of hydrogen-bond acceptors (Lipinski definition) is 4. The Morgan fingerprint density at radius 1 is 1.05 bits per heavy atom. The maximum atomic E-state index is 11.9. The van der Waals surface area contributed by atoms with Gasteiger partial charge in [-0.3, -0.25) is 4.98 Å². The lowest BCUT2D eigenvalue weighted by Gasteiger charge is -2.07. The van der Waals surface area contributed by atoms with E-state index >= 15 is 0 Å². The first-order valence-electron chi connectivity index (χ1n) is 6.74. The van der Waals surface area contributed by atoms with Crippen LogP contribution in [0.2, 0.25) is 0 Å². The first-order chi connectivity index (χ1) is 10.1. The number of benzene rings is 1. The zero-order chi connectivity index (χ0) is 15.1. The van der Waals surface area contributed by atoms with Crippen LogP contribution in [0.1, 0.15) is 16.8 Å². The van der Waals surface area contributed by atoms with Crippen molar-refractivity contribution >= 4 is 10.0 Å². The number of rotatable bonds is 7. The molecule has 1 aromatic carbocycles. The molecule has 0 aliphatic heterocycles. The van der Waals surface area contributed by atoms with Crippen LogP contribution < -0.4 is 10.5 Å². The summed E-state index contributed by atoms with van der Waals surface area (Å²) in [6.45, 7) is 0.769. The van der Waals surface area contributed by atoms with Crippen LogP contribution in [0.25, 0.3) is 0 Å². The molecule has 0 aliphatic rings. The number of nitrogens with one attached hydrogen (secondary N) is 1. The molecule has 0 saturated heterocycles. The van der Waals surface area contributed by atoms with Crippen LogP contribution in [0.4, 0.5) is 0 Å². The highest BCUT2D eigenvalue weighted by molar-refractivity contribution is 7.89. The Morgan fingerprint density at radius 3 is 2.38 bits per heavy atom. The fraction of sp³-hybridized carbons (Fsp3) is 0.267. The summed E-state index contributed by atoms with van der Waals surface area (Å²) in [5, 5.41) is 0. The van der Waals surface area contributed by atoms with E-state index in [-0.39, 0.29) is 12.3 Å². The van der Waals surface area contributed by atoms with Crippen LogP contribution in [0.5, 0.6) is 0 Å². The SMILES string of the molecule is NCc1ccc(CNS(=O)(=O)CCc2ccccn2)cc1. The third kappa shape index (κ3) is 5.26. The molecule has 0 fully saturated rings. The molecule has 0 unspecified atom stereocenters. The maximum Gasteiger partial charge on any atom is 0.212 e. The quantitative estimate of drug-likeness (QED) is 0.805. The van der Waals surface area contributed by atoms with Crippen molar-refractivity contribution in [3.05, 3.63) is 65.5 Å². The summed E-state index contributed by atoms with van der Waals surface area (Å²) in [6, 6.07) is 13.0. The predicted molar refractivity (Wildman–Crippen MR) is 82.9 cm³/mol. The second-order valence-electron chi connectivity index (χ2n) is 4.73. The molecule has 0 atom stereocenters. The van der Waals surface area contributed by atoms with E-state index in [1.807, 2.05) is 36.4 Å². The van der Waals surface area contributed by atoms with Gasteiger partial charge < -0.3 is 5.73 Å². The van der Waals surface area contributed by atoms with Crippen molar-refractivity contribution in [1.29, 1.82) is 0 Å². The lowest BCUT2D eigenvalue weighted by molar-refractivity contribution is 0.580. The number of aromatic nitrogens is 1. The molecule has 112 valence electrons. The van der Waals surface area contributed by atoms with E-state index < -0.39 is 10.0 Å². The number of hydrogen-bond donors (Lipinski definition) is 2. The largest absolute Gasteiger partial charge is 0.326 e. The van der Waals surface area contributed by atoms with E-state index in [1.165, 1.54) is 0 Å². The van der Waals surface area contributed by atoms with Crippen molar-refractivity contribution in [3.8, 4) is 0 Å². The highest BCUT2D eigenvalue weighted by Crippen LogP contribution is 2.04. The molecule has 5 nitrogen and oxygen atoms in total. The van der Waals surface area contributed by atoms with E-state index in [4.69, 9.17) is 5.73 Å². The number of aryl methyl sites for hydroxylation is 1. The molecule has 0 aliphatic carbocycles. The van der Waals surface area contributed by atoms with Gasteiger partial charge in [0.25, 0.3) is 0 Å². The molecule has 2 rings (SSSR count). The van der Waals surface area contributed by atoms with Crippen molar-refractivity contribution in [2.75, 3.05) is 5.75 Å². The summed E-state index contributed by atoms with van der Waals surface area (Å²) in [7, 11) is -3.31. The van der Waals surface area contributed by atoms with Crippen LogP contribution in [-0.4, -0.2) is 19.2 Å².